The second-order valence-corrected chi connectivity index (χ2v) is 9.30. The molecule has 0 N–H and O–H groups in total. The van der Waals surface area contributed by atoms with Crippen LogP contribution in [0.5, 0.6) is 0 Å². The molecule has 5 nitrogen and oxygen atoms in total. The van der Waals surface area contributed by atoms with Gasteiger partial charge in [0.15, 0.2) is 9.84 Å². The number of nitrogens with zero attached hydrogens (tertiary/aromatic N) is 3. The van der Waals surface area contributed by atoms with Crippen molar-refractivity contribution in [3.05, 3.63) is 16.1 Å². The third kappa shape index (κ3) is 3.83. The molecular weight excluding hydrogens is 306 g/mol. The monoisotopic (exact) mass is 329 g/mol. The average Bonchev–Trinajstić information content (AvgIpc) is 2.85. The fourth-order valence-corrected chi connectivity index (χ4v) is 5.26. The third-order valence-electron chi connectivity index (χ3n) is 4.66. The lowest BCUT2D eigenvalue weighted by Crippen LogP contribution is -2.50. The lowest BCUT2D eigenvalue weighted by molar-refractivity contribution is 0.111. The van der Waals surface area contributed by atoms with Gasteiger partial charge in [-0.25, -0.2) is 13.4 Å². The van der Waals surface area contributed by atoms with E-state index in [-0.39, 0.29) is 0 Å². The molecule has 1 aromatic rings. The van der Waals surface area contributed by atoms with E-state index >= 15 is 0 Å². The highest BCUT2D eigenvalue weighted by Crippen LogP contribution is 2.22. The van der Waals surface area contributed by atoms with Crippen LogP contribution >= 0.6 is 11.3 Å². The summed E-state index contributed by atoms with van der Waals surface area (Å²) in [6.07, 6.45) is 2.30. The molecule has 0 amide bonds. The van der Waals surface area contributed by atoms with Crippen LogP contribution < -0.4 is 0 Å². The maximum Gasteiger partial charge on any atom is 0.152 e. The summed E-state index contributed by atoms with van der Waals surface area (Å²) < 4.78 is 23.0. The number of aryl methyl sites for hydroxylation is 1. The summed E-state index contributed by atoms with van der Waals surface area (Å²) >= 11 is 1.74. The number of likely N-dealkylation sites (tertiary alicyclic amines) is 1. The predicted molar refractivity (Wildman–Crippen MR) is 85.4 cm³/mol. The molecule has 0 saturated carbocycles. The predicted octanol–water partition coefficient (Wildman–Crippen LogP) is 1.15. The Morgan fingerprint density at radius 3 is 2.48 bits per heavy atom. The van der Waals surface area contributed by atoms with Crippen molar-refractivity contribution in [2.45, 2.75) is 32.4 Å². The SMILES string of the molecule is Cc1ncsc1CN1CCC(N2CCS(=O)(=O)CC2)CC1. The molecule has 21 heavy (non-hydrogen) atoms. The van der Waals surface area contributed by atoms with Gasteiger partial charge >= 0.3 is 0 Å². The molecule has 118 valence electrons. The van der Waals surface area contributed by atoms with E-state index in [2.05, 4.69) is 21.7 Å². The lowest BCUT2D eigenvalue weighted by Gasteiger charge is -2.40. The summed E-state index contributed by atoms with van der Waals surface area (Å²) in [5.74, 6) is 0.681. The van der Waals surface area contributed by atoms with Crippen molar-refractivity contribution in [2.24, 2.45) is 0 Å². The molecule has 0 bridgehead atoms. The third-order valence-corrected chi connectivity index (χ3v) is 7.19. The van der Waals surface area contributed by atoms with Gasteiger partial charge in [0.2, 0.25) is 0 Å². The van der Waals surface area contributed by atoms with Crippen LogP contribution in [0.3, 0.4) is 0 Å². The fourth-order valence-electron chi connectivity index (χ4n) is 3.22. The quantitative estimate of drug-likeness (QED) is 0.832. The summed E-state index contributed by atoms with van der Waals surface area (Å²) in [6, 6.07) is 0.569. The maximum absolute atomic E-state index is 11.5. The van der Waals surface area contributed by atoms with Gasteiger partial charge in [-0.2, -0.15) is 0 Å². The van der Waals surface area contributed by atoms with E-state index < -0.39 is 9.84 Å². The van der Waals surface area contributed by atoms with E-state index in [4.69, 9.17) is 0 Å². The Hall–Kier alpha value is -0.500. The van der Waals surface area contributed by atoms with Crippen molar-refractivity contribution in [3.8, 4) is 0 Å². The highest BCUT2D eigenvalue weighted by molar-refractivity contribution is 7.91. The molecule has 0 radical (unpaired) electrons. The van der Waals surface area contributed by atoms with Crippen molar-refractivity contribution in [1.29, 1.82) is 0 Å². The summed E-state index contributed by atoms with van der Waals surface area (Å²) in [5, 5.41) is 0. The second kappa shape index (κ2) is 6.32. The highest BCUT2D eigenvalue weighted by atomic mass is 32.2. The van der Waals surface area contributed by atoms with Gasteiger partial charge in [0.05, 0.1) is 22.7 Å². The molecule has 2 aliphatic rings. The van der Waals surface area contributed by atoms with E-state index in [0.717, 1.165) is 51.3 Å². The number of aromatic nitrogens is 1. The minimum absolute atomic E-state index is 0.341. The summed E-state index contributed by atoms with van der Waals surface area (Å²) in [5.41, 5.74) is 3.08. The summed E-state index contributed by atoms with van der Waals surface area (Å²) in [6.45, 7) is 6.74. The molecule has 2 aliphatic heterocycles. The highest BCUT2D eigenvalue weighted by Gasteiger charge is 2.29. The first-order valence-corrected chi connectivity index (χ1v) is 10.3. The molecule has 1 aromatic heterocycles. The zero-order chi connectivity index (χ0) is 14.9. The van der Waals surface area contributed by atoms with Gasteiger partial charge in [0.25, 0.3) is 0 Å². The van der Waals surface area contributed by atoms with E-state index in [1.54, 1.807) is 11.3 Å². The normalized spacial score (nSPS) is 25.2. The molecular formula is C14H23N3O2S2. The Morgan fingerprint density at radius 2 is 1.90 bits per heavy atom. The molecule has 0 spiro atoms. The number of hydrogen-bond donors (Lipinski definition) is 0. The van der Waals surface area contributed by atoms with Crippen LogP contribution in [-0.4, -0.2) is 66.9 Å². The van der Waals surface area contributed by atoms with Crippen LogP contribution in [-0.2, 0) is 16.4 Å². The Kier molecular flexibility index (Phi) is 4.63. The van der Waals surface area contributed by atoms with Crippen molar-refractivity contribution < 1.29 is 8.42 Å². The largest absolute Gasteiger partial charge is 0.298 e. The van der Waals surface area contributed by atoms with Crippen LogP contribution in [0.1, 0.15) is 23.4 Å². The molecule has 0 aromatic carbocycles. The molecule has 0 atom stereocenters. The molecule has 2 saturated heterocycles. The van der Waals surface area contributed by atoms with Crippen LogP contribution in [0.15, 0.2) is 5.51 Å². The minimum Gasteiger partial charge on any atom is -0.298 e. The van der Waals surface area contributed by atoms with Gasteiger partial charge in [-0.05, 0) is 19.8 Å². The van der Waals surface area contributed by atoms with Crippen molar-refractivity contribution >= 4 is 21.2 Å². The Labute approximate surface area is 130 Å². The van der Waals surface area contributed by atoms with Crippen molar-refractivity contribution in [2.75, 3.05) is 37.7 Å². The van der Waals surface area contributed by atoms with Crippen molar-refractivity contribution in [1.82, 2.24) is 14.8 Å². The molecule has 2 fully saturated rings. The smallest absolute Gasteiger partial charge is 0.152 e. The summed E-state index contributed by atoms with van der Waals surface area (Å²) in [4.78, 5) is 10.6. The zero-order valence-corrected chi connectivity index (χ0v) is 14.1. The molecule has 0 unspecified atom stereocenters. The van der Waals surface area contributed by atoms with Gasteiger partial charge in [-0.3, -0.25) is 9.80 Å². The lowest BCUT2D eigenvalue weighted by atomic mass is 10.0. The zero-order valence-electron chi connectivity index (χ0n) is 12.5. The number of sulfone groups is 1. The molecule has 3 heterocycles. The standard InChI is InChI=1S/C14H23N3O2S2/c1-12-14(20-11-15-12)10-16-4-2-13(3-5-16)17-6-8-21(18,19)9-7-17/h11,13H,2-10H2,1H3. The molecule has 3 rings (SSSR count). The number of thiazole rings is 1. The van der Waals surface area contributed by atoms with Gasteiger partial charge in [0.1, 0.15) is 0 Å². The average molecular weight is 329 g/mol. The van der Waals surface area contributed by atoms with Gasteiger partial charge in [-0.15, -0.1) is 11.3 Å². The first-order chi connectivity index (χ1) is 10.0. The van der Waals surface area contributed by atoms with E-state index in [1.807, 2.05) is 5.51 Å². The Bertz CT molecular complexity index is 563. The molecule has 0 aliphatic carbocycles. The molecule has 7 heteroatoms. The topological polar surface area (TPSA) is 53.5 Å². The van der Waals surface area contributed by atoms with Gasteiger partial charge < -0.3 is 0 Å². The Balaban J connectivity index is 1.48. The second-order valence-electron chi connectivity index (χ2n) is 6.06. The van der Waals surface area contributed by atoms with Crippen LogP contribution in [0.4, 0.5) is 0 Å². The minimum atomic E-state index is -2.76. The Morgan fingerprint density at radius 1 is 1.24 bits per heavy atom. The number of hydrogen-bond acceptors (Lipinski definition) is 6. The van der Waals surface area contributed by atoms with Crippen LogP contribution in [0.2, 0.25) is 0 Å². The van der Waals surface area contributed by atoms with Gasteiger partial charge in [-0.1, -0.05) is 0 Å². The fraction of sp³-hybridized carbons (Fsp3) is 0.786. The first-order valence-electron chi connectivity index (χ1n) is 7.59. The first kappa shape index (κ1) is 15.4. The van der Waals surface area contributed by atoms with E-state index in [9.17, 15) is 8.42 Å². The summed E-state index contributed by atoms with van der Waals surface area (Å²) in [7, 11) is -2.76. The number of rotatable bonds is 3. The maximum atomic E-state index is 11.5. The van der Waals surface area contributed by atoms with Crippen LogP contribution in [0.25, 0.3) is 0 Å². The van der Waals surface area contributed by atoms with Crippen LogP contribution in [0, 0.1) is 6.92 Å². The van der Waals surface area contributed by atoms with E-state index in [0.29, 0.717) is 17.5 Å². The van der Waals surface area contributed by atoms with E-state index in [1.165, 1.54) is 4.88 Å². The van der Waals surface area contributed by atoms with Gasteiger partial charge in [0, 0.05) is 43.6 Å². The number of piperidine rings is 1. The van der Waals surface area contributed by atoms with Crippen molar-refractivity contribution in [3.63, 3.8) is 0 Å².